The molecule has 2 saturated heterocycles. The lowest BCUT2D eigenvalue weighted by atomic mass is 9.68. The maximum absolute atomic E-state index is 5.91. The van der Waals surface area contributed by atoms with E-state index in [0.29, 0.717) is 13.2 Å². The van der Waals surface area contributed by atoms with Crippen LogP contribution in [0.5, 0.6) is 11.5 Å². The highest BCUT2D eigenvalue weighted by Gasteiger charge is 2.36. The topological polar surface area (TPSA) is 43.5 Å². The summed E-state index contributed by atoms with van der Waals surface area (Å²) in [4.78, 5) is 0. The highest BCUT2D eigenvalue weighted by molar-refractivity contribution is 5.47. The summed E-state index contributed by atoms with van der Waals surface area (Å²) in [5.41, 5.74) is 5.53. The maximum atomic E-state index is 5.91. The first-order chi connectivity index (χ1) is 16.3. The highest BCUT2D eigenvalue weighted by atomic mass is 16.6. The van der Waals surface area contributed by atoms with Gasteiger partial charge in [-0.25, -0.2) is 0 Å². The van der Waals surface area contributed by atoms with Crippen LogP contribution < -0.4 is 9.47 Å². The second-order valence-corrected chi connectivity index (χ2v) is 9.46. The van der Waals surface area contributed by atoms with Crippen molar-refractivity contribution in [1.82, 2.24) is 0 Å². The van der Waals surface area contributed by atoms with Crippen LogP contribution in [0.25, 0.3) is 0 Å². The summed E-state index contributed by atoms with van der Waals surface area (Å²) in [5, 5.41) is 0. The number of aryl methyl sites for hydroxylation is 1. The fourth-order valence-electron chi connectivity index (χ4n) is 5.07. The minimum Gasteiger partial charge on any atom is -0.491 e. The Kier molecular flexibility index (Phi) is 5.57. The minimum absolute atomic E-state index is 0.0805. The van der Waals surface area contributed by atoms with Crippen LogP contribution in [-0.2, 0) is 27.7 Å². The first kappa shape index (κ1) is 20.8. The van der Waals surface area contributed by atoms with Crippen molar-refractivity contribution in [2.45, 2.75) is 43.3 Å². The molecule has 33 heavy (non-hydrogen) atoms. The molecule has 2 heterocycles. The molecule has 6 rings (SSSR count). The molecule has 2 atom stereocenters. The molecule has 3 aromatic carbocycles. The SMILES string of the molecule is c1ccc2c(c1)CCCC(c1ccc(OCC3CO3)cc1)(c1ccc(OCC3CO3)cc1)C2. The van der Waals surface area contributed by atoms with Gasteiger partial charge in [0.2, 0.25) is 0 Å². The van der Waals surface area contributed by atoms with Gasteiger partial charge in [0.05, 0.1) is 13.2 Å². The van der Waals surface area contributed by atoms with Gasteiger partial charge >= 0.3 is 0 Å². The van der Waals surface area contributed by atoms with Crippen LogP contribution >= 0.6 is 0 Å². The van der Waals surface area contributed by atoms with Crippen LogP contribution in [0.1, 0.15) is 35.1 Å². The van der Waals surface area contributed by atoms with E-state index >= 15 is 0 Å². The molecule has 0 bridgehead atoms. The Balaban J connectivity index is 1.32. The average molecular weight is 443 g/mol. The van der Waals surface area contributed by atoms with Crippen LogP contribution in [0, 0.1) is 0 Å². The van der Waals surface area contributed by atoms with Crippen LogP contribution in [0.3, 0.4) is 0 Å². The molecule has 170 valence electrons. The van der Waals surface area contributed by atoms with Gasteiger partial charge in [-0.05, 0) is 72.2 Å². The molecule has 0 N–H and O–H groups in total. The molecule has 2 fully saturated rings. The molecule has 3 aliphatic rings. The van der Waals surface area contributed by atoms with E-state index in [4.69, 9.17) is 18.9 Å². The summed E-state index contributed by atoms with van der Waals surface area (Å²) in [6, 6.07) is 26.4. The monoisotopic (exact) mass is 442 g/mol. The van der Waals surface area contributed by atoms with Crippen LogP contribution in [-0.4, -0.2) is 38.6 Å². The molecular formula is C29H30O4. The number of epoxide rings is 2. The van der Waals surface area contributed by atoms with Gasteiger partial charge in [-0.2, -0.15) is 0 Å². The van der Waals surface area contributed by atoms with E-state index < -0.39 is 0 Å². The zero-order valence-electron chi connectivity index (χ0n) is 18.9. The molecular weight excluding hydrogens is 412 g/mol. The van der Waals surface area contributed by atoms with Gasteiger partial charge in [0.1, 0.15) is 36.9 Å². The normalized spacial score (nSPS) is 25.6. The van der Waals surface area contributed by atoms with Crippen molar-refractivity contribution in [1.29, 1.82) is 0 Å². The average Bonchev–Trinajstić information content (AvgIpc) is 3.77. The van der Waals surface area contributed by atoms with E-state index in [0.717, 1.165) is 50.4 Å². The third-order valence-corrected chi connectivity index (χ3v) is 7.15. The molecule has 2 unspecified atom stereocenters. The second kappa shape index (κ2) is 8.85. The van der Waals surface area contributed by atoms with Crippen molar-refractivity contribution in [3.05, 3.63) is 95.1 Å². The fourth-order valence-corrected chi connectivity index (χ4v) is 5.07. The summed E-state index contributed by atoms with van der Waals surface area (Å²) in [7, 11) is 0. The maximum Gasteiger partial charge on any atom is 0.119 e. The van der Waals surface area contributed by atoms with E-state index in [9.17, 15) is 0 Å². The van der Waals surface area contributed by atoms with Crippen LogP contribution in [0.2, 0.25) is 0 Å². The lowest BCUT2D eigenvalue weighted by Gasteiger charge is -2.35. The van der Waals surface area contributed by atoms with E-state index in [1.165, 1.54) is 22.3 Å². The van der Waals surface area contributed by atoms with Crippen molar-refractivity contribution < 1.29 is 18.9 Å². The zero-order chi connectivity index (χ0) is 22.1. The number of benzene rings is 3. The number of rotatable bonds is 8. The van der Waals surface area contributed by atoms with E-state index in [2.05, 4.69) is 72.8 Å². The predicted molar refractivity (Wildman–Crippen MR) is 127 cm³/mol. The van der Waals surface area contributed by atoms with Gasteiger partial charge in [-0.1, -0.05) is 48.5 Å². The minimum atomic E-state index is -0.0805. The Labute approximate surface area is 195 Å². The Morgan fingerprint density at radius 3 is 1.73 bits per heavy atom. The third kappa shape index (κ3) is 4.64. The lowest BCUT2D eigenvalue weighted by molar-refractivity contribution is 0.262. The van der Waals surface area contributed by atoms with Gasteiger partial charge in [0.25, 0.3) is 0 Å². The van der Waals surface area contributed by atoms with E-state index in [1.807, 2.05) is 0 Å². The third-order valence-electron chi connectivity index (χ3n) is 7.15. The van der Waals surface area contributed by atoms with Crippen molar-refractivity contribution >= 4 is 0 Å². The number of ether oxygens (including phenoxy) is 4. The van der Waals surface area contributed by atoms with Gasteiger partial charge < -0.3 is 18.9 Å². The molecule has 0 radical (unpaired) electrons. The van der Waals surface area contributed by atoms with Crippen molar-refractivity contribution in [3.8, 4) is 11.5 Å². The van der Waals surface area contributed by atoms with Crippen molar-refractivity contribution in [2.24, 2.45) is 0 Å². The Morgan fingerprint density at radius 1 is 0.697 bits per heavy atom. The van der Waals surface area contributed by atoms with Crippen LogP contribution in [0.15, 0.2) is 72.8 Å². The summed E-state index contributed by atoms with van der Waals surface area (Å²) < 4.78 is 22.4. The number of fused-ring (bicyclic) bond motifs is 1. The smallest absolute Gasteiger partial charge is 0.119 e. The van der Waals surface area contributed by atoms with Crippen molar-refractivity contribution in [2.75, 3.05) is 26.4 Å². The molecule has 4 nitrogen and oxygen atoms in total. The quantitative estimate of drug-likeness (QED) is 0.359. The molecule has 0 spiro atoms. The molecule has 2 aliphatic heterocycles. The van der Waals surface area contributed by atoms with Gasteiger partial charge in [0, 0.05) is 5.41 Å². The summed E-state index contributed by atoms with van der Waals surface area (Å²) in [5.74, 6) is 1.81. The van der Waals surface area contributed by atoms with Crippen LogP contribution in [0.4, 0.5) is 0 Å². The lowest BCUT2D eigenvalue weighted by Crippen LogP contribution is -2.30. The molecule has 4 heteroatoms. The molecule has 0 saturated carbocycles. The van der Waals surface area contributed by atoms with Gasteiger partial charge in [-0.3, -0.25) is 0 Å². The standard InChI is InChI=1S/C29H30O4/c1-2-5-22-16-29(15-3-6-21(22)4-1,23-7-11-25(12-8-23)30-17-27-19-32-27)24-9-13-26(14-10-24)31-18-28-20-33-28/h1-2,4-5,7-14,27-28H,3,6,15-20H2. The first-order valence-corrected chi connectivity index (χ1v) is 12.1. The first-order valence-electron chi connectivity index (χ1n) is 12.1. The largest absolute Gasteiger partial charge is 0.491 e. The van der Waals surface area contributed by atoms with E-state index in [-0.39, 0.29) is 17.6 Å². The molecule has 0 aromatic heterocycles. The molecule has 1 aliphatic carbocycles. The zero-order valence-corrected chi connectivity index (χ0v) is 18.9. The Morgan fingerprint density at radius 2 is 1.21 bits per heavy atom. The molecule has 3 aromatic rings. The van der Waals surface area contributed by atoms with Gasteiger partial charge in [-0.15, -0.1) is 0 Å². The summed E-state index contributed by atoms with van der Waals surface area (Å²) in [6.07, 6.45) is 4.92. The predicted octanol–water partition coefficient (Wildman–Crippen LogP) is 5.11. The second-order valence-electron chi connectivity index (χ2n) is 9.46. The Bertz CT molecular complexity index is 1020. The fraction of sp³-hybridized carbons (Fsp3) is 0.379. The summed E-state index contributed by atoms with van der Waals surface area (Å²) >= 11 is 0. The summed E-state index contributed by atoms with van der Waals surface area (Å²) in [6.45, 7) is 2.89. The molecule has 0 amide bonds. The van der Waals surface area contributed by atoms with E-state index in [1.54, 1.807) is 0 Å². The number of hydrogen-bond acceptors (Lipinski definition) is 4. The Hall–Kier alpha value is -2.82. The van der Waals surface area contributed by atoms with Gasteiger partial charge in [0.15, 0.2) is 0 Å². The van der Waals surface area contributed by atoms with Crippen molar-refractivity contribution in [3.63, 3.8) is 0 Å². The highest BCUT2D eigenvalue weighted by Crippen LogP contribution is 2.44. The number of hydrogen-bond donors (Lipinski definition) is 0.